The van der Waals surface area contributed by atoms with Crippen molar-refractivity contribution in [3.8, 4) is 0 Å². The summed E-state index contributed by atoms with van der Waals surface area (Å²) in [6.07, 6.45) is 0.604. The minimum atomic E-state index is -1.25. The first-order valence-corrected chi connectivity index (χ1v) is 11.6. The Labute approximate surface area is 202 Å². The Morgan fingerprint density at radius 3 is 2.56 bits per heavy atom. The maximum Gasteiger partial charge on any atom is 0.328 e. The van der Waals surface area contributed by atoms with Crippen LogP contribution in [0, 0.1) is 11.2 Å². The highest BCUT2D eigenvalue weighted by atomic mass is 79.9. The van der Waals surface area contributed by atoms with Crippen LogP contribution in [0.4, 0.5) is 4.39 Å². The Balaban J connectivity index is 2.26. The van der Waals surface area contributed by atoms with Crippen molar-refractivity contribution >= 4 is 33.5 Å². The minimum Gasteiger partial charge on any atom is -0.431 e. The molecule has 0 aromatic heterocycles. The lowest BCUT2D eigenvalue weighted by Gasteiger charge is -2.39. The molecule has 0 spiro atoms. The van der Waals surface area contributed by atoms with Gasteiger partial charge in [0.15, 0.2) is 0 Å². The van der Waals surface area contributed by atoms with Crippen LogP contribution in [-0.2, 0) is 15.1 Å². The first-order chi connectivity index (χ1) is 14.8. The zero-order chi connectivity index (χ0) is 23.8. The molecule has 0 aliphatic carbocycles. The fourth-order valence-electron chi connectivity index (χ4n) is 4.59. The number of rotatable bonds is 5. The topological polar surface area (TPSA) is 64.3 Å². The summed E-state index contributed by atoms with van der Waals surface area (Å²) in [5.41, 5.74) is 6.89. The summed E-state index contributed by atoms with van der Waals surface area (Å²) in [4.78, 5) is 13.2. The molecule has 0 bridgehead atoms. The Kier molecular flexibility index (Phi) is 7.20. The molecule has 1 aliphatic heterocycles. The number of esters is 1. The summed E-state index contributed by atoms with van der Waals surface area (Å²) in [5.74, 6) is -1.32. The number of hydrogen-bond donors (Lipinski definition) is 2. The van der Waals surface area contributed by atoms with Gasteiger partial charge in [-0.15, -0.1) is 0 Å². The molecule has 4 atom stereocenters. The van der Waals surface area contributed by atoms with Gasteiger partial charge in [0, 0.05) is 27.0 Å². The lowest BCUT2D eigenvalue weighted by atomic mass is 9.68. The van der Waals surface area contributed by atoms with Gasteiger partial charge in [0.2, 0.25) is 0 Å². The lowest BCUT2D eigenvalue weighted by Crippen LogP contribution is -2.52. The molecular formula is C25H29BrClFN2O2. The van der Waals surface area contributed by atoms with Crippen LogP contribution in [0.25, 0.3) is 0 Å². The Morgan fingerprint density at radius 2 is 2.00 bits per heavy atom. The maximum atomic E-state index is 15.3. The smallest absolute Gasteiger partial charge is 0.328 e. The predicted molar refractivity (Wildman–Crippen MR) is 130 cm³/mol. The molecule has 172 valence electrons. The van der Waals surface area contributed by atoms with E-state index in [4.69, 9.17) is 22.1 Å². The number of carbonyl (C=O) groups excluding carboxylic acids is 1. The molecule has 0 radical (unpaired) electrons. The average Bonchev–Trinajstić information content (AvgIpc) is 2.93. The van der Waals surface area contributed by atoms with E-state index in [1.165, 1.54) is 6.07 Å². The zero-order valence-corrected chi connectivity index (χ0v) is 21.1. The van der Waals surface area contributed by atoms with Crippen molar-refractivity contribution in [2.24, 2.45) is 11.1 Å². The summed E-state index contributed by atoms with van der Waals surface area (Å²) in [7, 11) is 0. The first-order valence-electron chi connectivity index (χ1n) is 10.5. The van der Waals surface area contributed by atoms with E-state index in [0.717, 1.165) is 10.0 Å². The van der Waals surface area contributed by atoms with Crippen molar-refractivity contribution in [2.75, 3.05) is 0 Å². The molecule has 1 saturated heterocycles. The van der Waals surface area contributed by atoms with Gasteiger partial charge in [-0.1, -0.05) is 73.1 Å². The fraction of sp³-hybridized carbons (Fsp3) is 0.400. The van der Waals surface area contributed by atoms with Crippen LogP contribution in [0.2, 0.25) is 5.02 Å². The SMILES string of the molecule is C=C(C)OC(=O)[C@H]1N[C@@H](CC(C)(C)C)[C@](N)(c2ccc(Cl)cc2F)[C@H]1c1cccc(Br)c1. The number of benzene rings is 2. The second-order valence-electron chi connectivity index (χ2n) is 9.67. The van der Waals surface area contributed by atoms with E-state index in [2.05, 4.69) is 48.6 Å². The standard InChI is InChI=1S/C25H29BrClFN2O2/c1-14(2)32-23(31)22-21(15-7-6-8-16(26)11-15)25(29,20(30-22)13-24(3,4)5)18-10-9-17(27)12-19(18)28/h6-12,20-22,30H,1,13,29H2,2-5H3/t20-,21-,22-,25+/m0/s1. The molecule has 4 nitrogen and oxygen atoms in total. The van der Waals surface area contributed by atoms with Crippen molar-refractivity contribution < 1.29 is 13.9 Å². The summed E-state index contributed by atoms with van der Waals surface area (Å²) < 4.78 is 21.6. The van der Waals surface area contributed by atoms with Crippen molar-refractivity contribution in [2.45, 2.75) is 57.7 Å². The van der Waals surface area contributed by atoms with Crippen molar-refractivity contribution in [3.63, 3.8) is 0 Å². The number of ether oxygens (including phenoxy) is 1. The summed E-state index contributed by atoms with van der Waals surface area (Å²) in [6.45, 7) is 11.6. The third kappa shape index (κ3) is 5.09. The molecular weight excluding hydrogens is 495 g/mol. The van der Waals surface area contributed by atoms with E-state index >= 15 is 4.39 Å². The number of allylic oxidation sites excluding steroid dienone is 1. The van der Waals surface area contributed by atoms with Crippen LogP contribution in [0.1, 0.15) is 51.2 Å². The number of nitrogens with two attached hydrogens (primary N) is 1. The highest BCUT2D eigenvalue weighted by Gasteiger charge is 2.58. The second kappa shape index (κ2) is 9.26. The molecule has 3 N–H and O–H groups in total. The number of hydrogen-bond acceptors (Lipinski definition) is 4. The molecule has 0 saturated carbocycles. The number of nitrogens with one attached hydrogen (secondary N) is 1. The number of halogens is 3. The molecule has 0 unspecified atom stereocenters. The quantitative estimate of drug-likeness (QED) is 0.371. The van der Waals surface area contributed by atoms with Gasteiger partial charge in [0.1, 0.15) is 11.9 Å². The van der Waals surface area contributed by atoms with Crippen molar-refractivity contribution in [1.29, 1.82) is 0 Å². The van der Waals surface area contributed by atoms with Crippen LogP contribution >= 0.6 is 27.5 Å². The summed E-state index contributed by atoms with van der Waals surface area (Å²) in [6, 6.07) is 10.9. The van der Waals surface area contributed by atoms with Gasteiger partial charge >= 0.3 is 5.97 Å². The minimum absolute atomic E-state index is 0.139. The predicted octanol–water partition coefficient (Wildman–Crippen LogP) is 6.03. The molecule has 1 fully saturated rings. The Bertz CT molecular complexity index is 1040. The largest absolute Gasteiger partial charge is 0.431 e. The van der Waals surface area contributed by atoms with Crippen LogP contribution in [0.5, 0.6) is 0 Å². The van der Waals surface area contributed by atoms with E-state index < -0.39 is 35.3 Å². The molecule has 2 aromatic rings. The van der Waals surface area contributed by atoms with E-state index in [-0.39, 0.29) is 16.2 Å². The lowest BCUT2D eigenvalue weighted by molar-refractivity contribution is -0.142. The molecule has 7 heteroatoms. The van der Waals surface area contributed by atoms with E-state index in [0.29, 0.717) is 12.0 Å². The van der Waals surface area contributed by atoms with Crippen molar-refractivity contribution in [1.82, 2.24) is 5.32 Å². The van der Waals surface area contributed by atoms with Crippen LogP contribution in [-0.4, -0.2) is 18.1 Å². The van der Waals surface area contributed by atoms with Gasteiger partial charge in [-0.3, -0.25) is 5.32 Å². The van der Waals surface area contributed by atoms with Crippen LogP contribution in [0.3, 0.4) is 0 Å². The summed E-state index contributed by atoms with van der Waals surface area (Å²) >= 11 is 9.54. The Morgan fingerprint density at radius 1 is 1.31 bits per heavy atom. The highest BCUT2D eigenvalue weighted by Crippen LogP contribution is 2.49. The van der Waals surface area contributed by atoms with Crippen LogP contribution in [0.15, 0.2) is 59.3 Å². The van der Waals surface area contributed by atoms with Crippen molar-refractivity contribution in [3.05, 3.63) is 81.2 Å². The van der Waals surface area contributed by atoms with E-state index in [1.54, 1.807) is 19.1 Å². The second-order valence-corrected chi connectivity index (χ2v) is 11.0. The fourth-order valence-corrected chi connectivity index (χ4v) is 5.16. The summed E-state index contributed by atoms with van der Waals surface area (Å²) in [5, 5.41) is 3.68. The molecule has 3 rings (SSSR count). The van der Waals surface area contributed by atoms with Gasteiger partial charge in [-0.2, -0.15) is 0 Å². The molecule has 32 heavy (non-hydrogen) atoms. The normalized spacial score (nSPS) is 25.6. The Hall–Kier alpha value is -1.73. The molecule has 1 heterocycles. The maximum absolute atomic E-state index is 15.3. The monoisotopic (exact) mass is 522 g/mol. The van der Waals surface area contributed by atoms with Gasteiger partial charge in [-0.05, 0) is 48.6 Å². The van der Waals surface area contributed by atoms with Crippen LogP contribution < -0.4 is 11.1 Å². The van der Waals surface area contributed by atoms with Gasteiger partial charge < -0.3 is 10.5 Å². The van der Waals surface area contributed by atoms with Gasteiger partial charge in [0.25, 0.3) is 0 Å². The average molecular weight is 524 g/mol. The third-order valence-corrected chi connectivity index (χ3v) is 6.48. The highest BCUT2D eigenvalue weighted by molar-refractivity contribution is 9.10. The molecule has 1 aliphatic rings. The number of carbonyl (C=O) groups is 1. The third-order valence-electron chi connectivity index (χ3n) is 5.76. The molecule has 2 aromatic carbocycles. The first kappa shape index (κ1) is 24.9. The van der Waals surface area contributed by atoms with E-state index in [1.807, 2.05) is 24.3 Å². The molecule has 0 amide bonds. The van der Waals surface area contributed by atoms with Gasteiger partial charge in [0.05, 0.1) is 11.3 Å². The zero-order valence-electron chi connectivity index (χ0n) is 18.7. The van der Waals surface area contributed by atoms with E-state index in [9.17, 15) is 4.79 Å². The van der Waals surface area contributed by atoms with Gasteiger partial charge in [-0.25, -0.2) is 9.18 Å².